The first-order valence-corrected chi connectivity index (χ1v) is 5.09. The Bertz CT molecular complexity index is 417. The second-order valence-corrected chi connectivity index (χ2v) is 3.18. The van der Waals surface area contributed by atoms with Gasteiger partial charge >= 0.3 is 5.97 Å². The average Bonchev–Trinajstić information content (AvgIpc) is 2.37. The topological polar surface area (TPSA) is 52.6 Å². The fraction of sp³-hybridized carbons (Fsp3) is 0.333. The first-order chi connectivity index (χ1) is 8.11. The van der Waals surface area contributed by atoms with Gasteiger partial charge in [-0.05, 0) is 19.1 Å². The van der Waals surface area contributed by atoms with E-state index in [0.29, 0.717) is 0 Å². The third-order valence-corrected chi connectivity index (χ3v) is 2.10. The maximum atomic E-state index is 13.5. The van der Waals surface area contributed by atoms with Gasteiger partial charge in [-0.1, -0.05) is 12.1 Å². The molecule has 17 heavy (non-hydrogen) atoms. The molecule has 1 rings (SSSR count). The van der Waals surface area contributed by atoms with Crippen LogP contribution in [0.25, 0.3) is 0 Å². The Morgan fingerprint density at radius 2 is 2.00 bits per heavy atom. The second-order valence-electron chi connectivity index (χ2n) is 3.18. The summed E-state index contributed by atoms with van der Waals surface area (Å²) in [5, 5.41) is 0. The Morgan fingerprint density at radius 3 is 2.59 bits per heavy atom. The minimum Gasteiger partial charge on any atom is -0.496 e. The van der Waals surface area contributed by atoms with Crippen LogP contribution in [0.2, 0.25) is 0 Å². The predicted octanol–water partition coefficient (Wildman–Crippen LogP) is 1.78. The van der Waals surface area contributed by atoms with Crippen LogP contribution in [-0.4, -0.2) is 31.6 Å². The van der Waals surface area contributed by atoms with Crippen molar-refractivity contribution in [3.63, 3.8) is 0 Å². The van der Waals surface area contributed by atoms with Gasteiger partial charge in [-0.3, -0.25) is 4.79 Å². The van der Waals surface area contributed by atoms with Crippen LogP contribution < -0.4 is 4.74 Å². The Morgan fingerprint density at radius 1 is 1.35 bits per heavy atom. The second kappa shape index (κ2) is 5.98. The number of hydrogen-bond donors (Lipinski definition) is 0. The summed E-state index contributed by atoms with van der Waals surface area (Å²) >= 11 is 0. The lowest BCUT2D eigenvalue weighted by molar-refractivity contribution is -0.147. The van der Waals surface area contributed by atoms with E-state index in [-0.39, 0.29) is 17.9 Å². The summed E-state index contributed by atoms with van der Waals surface area (Å²) in [6.07, 6.45) is -2.31. The highest BCUT2D eigenvalue weighted by molar-refractivity contribution is 6.12. The van der Waals surface area contributed by atoms with E-state index in [9.17, 15) is 14.0 Å². The summed E-state index contributed by atoms with van der Waals surface area (Å²) in [5.41, 5.74) is 0.0237. The van der Waals surface area contributed by atoms with Crippen molar-refractivity contribution in [3.05, 3.63) is 29.8 Å². The van der Waals surface area contributed by atoms with Crippen LogP contribution in [0.1, 0.15) is 17.3 Å². The summed E-state index contributed by atoms with van der Waals surface area (Å²) in [5.74, 6) is -1.91. The number of carbonyl (C=O) groups excluding carboxylic acids is 2. The van der Waals surface area contributed by atoms with E-state index in [1.807, 2.05) is 0 Å². The highest BCUT2D eigenvalue weighted by Gasteiger charge is 2.30. The standard InChI is InChI=1S/C12H13FO4/c1-3-17-12(15)10(13)11(14)8-6-4-5-7-9(8)16-2/h4-7,10H,3H2,1-2H3. The van der Waals surface area contributed by atoms with E-state index in [0.717, 1.165) is 0 Å². The van der Waals surface area contributed by atoms with E-state index in [4.69, 9.17) is 4.74 Å². The molecule has 1 aromatic carbocycles. The van der Waals surface area contributed by atoms with Crippen molar-refractivity contribution in [2.24, 2.45) is 0 Å². The van der Waals surface area contributed by atoms with Gasteiger partial charge in [0.05, 0.1) is 19.3 Å². The van der Waals surface area contributed by atoms with E-state index in [1.54, 1.807) is 12.1 Å². The SMILES string of the molecule is CCOC(=O)C(F)C(=O)c1ccccc1OC. The summed E-state index contributed by atoms with van der Waals surface area (Å²) in [6.45, 7) is 1.57. The number of halogens is 1. The third kappa shape index (κ3) is 3.03. The molecule has 0 bridgehead atoms. The van der Waals surface area contributed by atoms with Gasteiger partial charge in [-0.25, -0.2) is 9.18 Å². The Kier molecular flexibility index (Phi) is 4.63. The maximum absolute atomic E-state index is 13.5. The van der Waals surface area contributed by atoms with Crippen molar-refractivity contribution in [3.8, 4) is 5.75 Å². The lowest BCUT2D eigenvalue weighted by atomic mass is 10.1. The predicted molar refractivity (Wildman–Crippen MR) is 58.9 cm³/mol. The molecule has 0 radical (unpaired) electrons. The molecule has 4 nitrogen and oxygen atoms in total. The first-order valence-electron chi connectivity index (χ1n) is 5.09. The Balaban J connectivity index is 2.92. The van der Waals surface area contributed by atoms with Crippen molar-refractivity contribution < 1.29 is 23.5 Å². The smallest absolute Gasteiger partial charge is 0.349 e. The van der Waals surface area contributed by atoms with Gasteiger partial charge in [0.1, 0.15) is 5.75 Å². The van der Waals surface area contributed by atoms with E-state index < -0.39 is 17.9 Å². The number of carbonyl (C=O) groups is 2. The van der Waals surface area contributed by atoms with Crippen molar-refractivity contribution in [1.29, 1.82) is 0 Å². The zero-order valence-corrected chi connectivity index (χ0v) is 9.60. The van der Waals surface area contributed by atoms with Gasteiger partial charge in [0.2, 0.25) is 5.78 Å². The molecule has 0 saturated carbocycles. The van der Waals surface area contributed by atoms with Crippen LogP contribution >= 0.6 is 0 Å². The lowest BCUT2D eigenvalue weighted by Gasteiger charge is -2.09. The van der Waals surface area contributed by atoms with E-state index in [1.165, 1.54) is 26.2 Å². The number of methoxy groups -OCH3 is 1. The van der Waals surface area contributed by atoms with E-state index in [2.05, 4.69) is 4.74 Å². The molecular weight excluding hydrogens is 227 g/mol. The van der Waals surface area contributed by atoms with Crippen molar-refractivity contribution in [2.75, 3.05) is 13.7 Å². The van der Waals surface area contributed by atoms with Gasteiger partial charge in [0.15, 0.2) is 0 Å². The molecule has 5 heteroatoms. The van der Waals surface area contributed by atoms with Gasteiger partial charge in [0.25, 0.3) is 6.17 Å². The molecule has 1 atom stereocenters. The van der Waals surface area contributed by atoms with Gasteiger partial charge in [-0.15, -0.1) is 0 Å². The molecule has 0 aliphatic rings. The normalized spacial score (nSPS) is 11.7. The minimum atomic E-state index is -2.31. The molecule has 0 aliphatic carbocycles. The fourth-order valence-corrected chi connectivity index (χ4v) is 1.31. The molecule has 1 unspecified atom stereocenters. The average molecular weight is 240 g/mol. The molecule has 0 spiro atoms. The Hall–Kier alpha value is -1.91. The van der Waals surface area contributed by atoms with Crippen LogP contribution in [0.15, 0.2) is 24.3 Å². The van der Waals surface area contributed by atoms with Crippen LogP contribution in [-0.2, 0) is 9.53 Å². The highest BCUT2D eigenvalue weighted by Crippen LogP contribution is 2.20. The van der Waals surface area contributed by atoms with Crippen molar-refractivity contribution >= 4 is 11.8 Å². The number of alkyl halides is 1. The minimum absolute atomic E-state index is 0.0237. The monoisotopic (exact) mass is 240 g/mol. The van der Waals surface area contributed by atoms with Crippen molar-refractivity contribution in [2.45, 2.75) is 13.1 Å². The zero-order chi connectivity index (χ0) is 12.8. The molecule has 0 saturated heterocycles. The quantitative estimate of drug-likeness (QED) is 0.447. The largest absolute Gasteiger partial charge is 0.496 e. The third-order valence-electron chi connectivity index (χ3n) is 2.10. The number of ketones is 1. The number of rotatable bonds is 5. The molecule has 0 N–H and O–H groups in total. The summed E-state index contributed by atoms with van der Waals surface area (Å²) < 4.78 is 22.9. The van der Waals surface area contributed by atoms with E-state index >= 15 is 0 Å². The fourth-order valence-electron chi connectivity index (χ4n) is 1.31. The first kappa shape index (κ1) is 13.2. The molecule has 0 aromatic heterocycles. The molecule has 0 aliphatic heterocycles. The lowest BCUT2D eigenvalue weighted by Crippen LogP contribution is -2.28. The van der Waals surface area contributed by atoms with Crippen LogP contribution in [0, 0.1) is 0 Å². The molecule has 92 valence electrons. The number of ether oxygens (including phenoxy) is 2. The summed E-state index contributed by atoms with van der Waals surface area (Å²) in [7, 11) is 1.36. The van der Waals surface area contributed by atoms with Gasteiger partial charge in [0, 0.05) is 0 Å². The molecular formula is C12H13FO4. The number of esters is 1. The zero-order valence-electron chi connectivity index (χ0n) is 9.60. The van der Waals surface area contributed by atoms with Gasteiger partial charge < -0.3 is 9.47 Å². The number of benzene rings is 1. The van der Waals surface area contributed by atoms with Crippen LogP contribution in [0.3, 0.4) is 0 Å². The van der Waals surface area contributed by atoms with Crippen LogP contribution in [0.4, 0.5) is 4.39 Å². The molecule has 0 amide bonds. The number of para-hydroxylation sites is 1. The Labute approximate surface area is 98.3 Å². The molecule has 0 fully saturated rings. The highest BCUT2D eigenvalue weighted by atomic mass is 19.1. The maximum Gasteiger partial charge on any atom is 0.349 e. The molecule has 0 heterocycles. The van der Waals surface area contributed by atoms with Gasteiger partial charge in [-0.2, -0.15) is 0 Å². The van der Waals surface area contributed by atoms with Crippen LogP contribution in [0.5, 0.6) is 5.75 Å². The number of Topliss-reactive ketones (excluding diaryl/α,β-unsaturated/α-hetero) is 1. The summed E-state index contributed by atoms with van der Waals surface area (Å²) in [6, 6.07) is 6.12. The van der Waals surface area contributed by atoms with Crippen molar-refractivity contribution in [1.82, 2.24) is 0 Å². The summed E-state index contributed by atoms with van der Waals surface area (Å²) in [4.78, 5) is 22.8. The number of hydrogen-bond acceptors (Lipinski definition) is 4. The molecule has 1 aromatic rings.